The standard InChI is InChI=1S/C66H106N10O10/c1-37(2)29-47-57(77)67-49(35-45-25-21-19-22-26-45)59(79)71-51(31-39(5)6)65(85)76(18)54(34-42(11)12)62(82)74-56(44(15)16)64(84)70-48(30-38(3)4)58(78)68-50(36-46-27-23-20-24-28-46)60(80)72-52(32-40(7)8)66(86)75(17)53(33-41(9)10)61(81)73-55(43(13)14)63(83)69-47/h19-28,37-44,47-56H,29-36H2,1-18H3,(H,67,77)(H,68,78)(H,69,83)(H,70,84)(H,71,79)(H,72,80)(H,73,81)(H,74,82)/t47-,48-,49-,50-,51+,52+,53-,54-,55-,56-/m0/s1. The minimum absolute atomic E-state index is 0.0000353. The van der Waals surface area contributed by atoms with Gasteiger partial charge in [0.2, 0.25) is 59.1 Å². The van der Waals surface area contributed by atoms with Crippen LogP contribution in [-0.2, 0) is 60.8 Å². The average Bonchev–Trinajstić information content (AvgIpc) is 2.36. The maximum Gasteiger partial charge on any atom is 0.245 e. The monoisotopic (exact) mass is 1200 g/mol. The van der Waals surface area contributed by atoms with Crippen LogP contribution in [0, 0.1) is 47.3 Å². The molecule has 1 heterocycles. The fourth-order valence-electron chi connectivity index (χ4n) is 10.7. The van der Waals surface area contributed by atoms with Crippen molar-refractivity contribution < 1.29 is 47.9 Å². The predicted molar refractivity (Wildman–Crippen MR) is 335 cm³/mol. The van der Waals surface area contributed by atoms with Crippen LogP contribution in [0.4, 0.5) is 0 Å². The minimum Gasteiger partial charge on any atom is -0.343 e. The Bertz CT molecular complexity index is 2380. The summed E-state index contributed by atoms with van der Waals surface area (Å²) in [6, 6.07) is 6.02. The molecule has 0 spiro atoms. The summed E-state index contributed by atoms with van der Waals surface area (Å²) >= 11 is 0. The van der Waals surface area contributed by atoms with Gasteiger partial charge in [0.05, 0.1) is 0 Å². The Balaban J connectivity index is 2.34. The SMILES string of the molecule is CC(C)C[C@@H]1NC(=O)[C@H](C(C)C)NC(=O)[C@H](CC(C)C)N(C)C(=O)[C@@H](CC(C)C)NC(=O)[C@H](Cc2ccccc2)NC(=O)[C@H](CC(C)C)NC(=O)[C@H](C(C)C)NC(=O)[C@H](CC(C)C)N(C)C(=O)[C@@H](CC(C)C)NC(=O)[C@H](Cc2ccccc2)NC1=O. The average molecular weight is 1200 g/mol. The molecule has 1 aliphatic heterocycles. The molecule has 2 aromatic rings. The van der Waals surface area contributed by atoms with Crippen LogP contribution in [0.25, 0.3) is 0 Å². The van der Waals surface area contributed by atoms with E-state index in [2.05, 4.69) is 42.5 Å². The van der Waals surface area contributed by atoms with Crippen LogP contribution >= 0.6 is 0 Å². The Kier molecular flexibility index (Phi) is 29.9. The first-order chi connectivity index (χ1) is 40.2. The van der Waals surface area contributed by atoms with E-state index in [0.717, 1.165) is 0 Å². The van der Waals surface area contributed by atoms with Crippen molar-refractivity contribution in [3.05, 3.63) is 71.8 Å². The number of nitrogens with zero attached hydrogens (tertiary/aromatic N) is 2. The van der Waals surface area contributed by atoms with Crippen molar-refractivity contribution in [2.45, 2.75) is 223 Å². The van der Waals surface area contributed by atoms with Gasteiger partial charge in [-0.1, -0.05) is 171 Å². The molecule has 0 radical (unpaired) electrons. The summed E-state index contributed by atoms with van der Waals surface area (Å²) in [5, 5.41) is 23.2. The zero-order chi connectivity index (χ0) is 64.9. The van der Waals surface area contributed by atoms with Crippen LogP contribution in [0.3, 0.4) is 0 Å². The molecule has 8 N–H and O–H groups in total. The molecule has 0 unspecified atom stereocenters. The Morgan fingerprint density at radius 2 is 0.547 bits per heavy atom. The minimum atomic E-state index is -1.27. The van der Waals surface area contributed by atoms with Crippen LogP contribution in [0.15, 0.2) is 60.7 Å². The summed E-state index contributed by atoms with van der Waals surface area (Å²) in [5.41, 5.74) is 1.39. The lowest BCUT2D eigenvalue weighted by Crippen LogP contribution is -2.62. The van der Waals surface area contributed by atoms with Crippen LogP contribution < -0.4 is 42.5 Å². The quantitative estimate of drug-likeness (QED) is 0.0915. The van der Waals surface area contributed by atoms with Crippen LogP contribution in [0.1, 0.15) is 160 Å². The summed E-state index contributed by atoms with van der Waals surface area (Å²) in [4.78, 5) is 150. The fraction of sp³-hybridized carbons (Fsp3) is 0.667. The molecule has 1 fully saturated rings. The van der Waals surface area contributed by atoms with Crippen LogP contribution in [0.2, 0.25) is 0 Å². The molecule has 0 saturated carbocycles. The molecule has 10 amide bonds. The van der Waals surface area contributed by atoms with Crippen molar-refractivity contribution in [3.63, 3.8) is 0 Å². The number of amides is 10. The number of carbonyl (C=O) groups excluding carboxylic acids is 10. The van der Waals surface area contributed by atoms with Crippen molar-refractivity contribution in [3.8, 4) is 0 Å². The van der Waals surface area contributed by atoms with E-state index in [1.807, 2.05) is 95.2 Å². The smallest absolute Gasteiger partial charge is 0.245 e. The van der Waals surface area contributed by atoms with Gasteiger partial charge in [-0.25, -0.2) is 0 Å². The zero-order valence-electron chi connectivity index (χ0n) is 54.8. The van der Waals surface area contributed by atoms with Gasteiger partial charge >= 0.3 is 0 Å². The molecule has 2 aromatic carbocycles. The Hall–Kier alpha value is -6.86. The number of carbonyl (C=O) groups is 10. The highest BCUT2D eigenvalue weighted by atomic mass is 16.2. The largest absolute Gasteiger partial charge is 0.343 e. The van der Waals surface area contributed by atoms with Crippen LogP contribution in [0.5, 0.6) is 0 Å². The van der Waals surface area contributed by atoms with Gasteiger partial charge in [0.25, 0.3) is 0 Å². The van der Waals surface area contributed by atoms with E-state index in [9.17, 15) is 47.9 Å². The first-order valence-corrected chi connectivity index (χ1v) is 31.2. The molecule has 86 heavy (non-hydrogen) atoms. The summed E-state index contributed by atoms with van der Waals surface area (Å²) in [6.07, 6.45) is 0.909. The highest BCUT2D eigenvalue weighted by Crippen LogP contribution is 2.21. The molecule has 20 nitrogen and oxygen atoms in total. The first-order valence-electron chi connectivity index (χ1n) is 31.2. The second-order valence-corrected chi connectivity index (χ2v) is 26.9. The molecular formula is C66H106N10O10. The lowest BCUT2D eigenvalue weighted by molar-refractivity contribution is -0.144. The lowest BCUT2D eigenvalue weighted by Gasteiger charge is -2.35. The molecule has 0 bridgehead atoms. The van der Waals surface area contributed by atoms with Gasteiger partial charge in [0.15, 0.2) is 0 Å². The second-order valence-electron chi connectivity index (χ2n) is 26.9. The second kappa shape index (κ2) is 35.1. The summed E-state index contributed by atoms with van der Waals surface area (Å²) in [6.45, 7) is 29.6. The van der Waals surface area contributed by atoms with Gasteiger partial charge in [0.1, 0.15) is 60.4 Å². The van der Waals surface area contributed by atoms with E-state index in [1.165, 1.54) is 23.9 Å². The van der Waals surface area contributed by atoms with Crippen molar-refractivity contribution in [1.82, 2.24) is 52.3 Å². The third kappa shape index (κ3) is 23.8. The summed E-state index contributed by atoms with van der Waals surface area (Å²) in [7, 11) is 2.96. The van der Waals surface area contributed by atoms with E-state index >= 15 is 0 Å². The Labute approximate surface area is 513 Å². The van der Waals surface area contributed by atoms with Crippen molar-refractivity contribution in [2.24, 2.45) is 47.3 Å². The molecule has 0 aromatic heterocycles. The van der Waals surface area contributed by atoms with E-state index < -0.39 is 131 Å². The number of hydrogen-bond donors (Lipinski definition) is 8. The van der Waals surface area contributed by atoms with Crippen LogP contribution in [-0.4, -0.2) is 143 Å². The molecule has 0 aliphatic carbocycles. The molecule has 20 heteroatoms. The Morgan fingerprint density at radius 3 is 0.814 bits per heavy atom. The van der Waals surface area contributed by atoms with Gasteiger partial charge in [0, 0.05) is 26.9 Å². The lowest BCUT2D eigenvalue weighted by atomic mass is 9.96. The Morgan fingerprint density at radius 1 is 0.302 bits per heavy atom. The molecule has 480 valence electrons. The number of rotatable bonds is 18. The van der Waals surface area contributed by atoms with Crippen molar-refractivity contribution in [1.29, 1.82) is 0 Å². The maximum absolute atomic E-state index is 15.0. The van der Waals surface area contributed by atoms with Gasteiger partial charge < -0.3 is 52.3 Å². The molecule has 1 aliphatic rings. The molecular weight excluding hydrogens is 1090 g/mol. The number of likely N-dealkylation sites (N-methyl/N-ethyl adjacent to an activating group) is 2. The van der Waals surface area contributed by atoms with Gasteiger partial charge in [-0.05, 0) is 97.0 Å². The maximum atomic E-state index is 15.0. The molecule has 10 atom stereocenters. The van der Waals surface area contributed by atoms with Gasteiger partial charge in [-0.15, -0.1) is 0 Å². The normalized spacial score (nSPS) is 24.9. The fourth-order valence-corrected chi connectivity index (χ4v) is 10.7. The predicted octanol–water partition coefficient (Wildman–Crippen LogP) is 5.61. The van der Waals surface area contributed by atoms with E-state index in [4.69, 9.17) is 0 Å². The molecule has 1 saturated heterocycles. The van der Waals surface area contributed by atoms with Gasteiger partial charge in [-0.2, -0.15) is 0 Å². The van der Waals surface area contributed by atoms with E-state index in [-0.39, 0.29) is 86.9 Å². The number of hydrogen-bond acceptors (Lipinski definition) is 10. The van der Waals surface area contributed by atoms with E-state index in [1.54, 1.807) is 76.2 Å². The highest BCUT2D eigenvalue weighted by Gasteiger charge is 2.41. The van der Waals surface area contributed by atoms with E-state index in [0.29, 0.717) is 11.1 Å². The molecule has 3 rings (SSSR count). The number of benzene rings is 2. The zero-order valence-corrected chi connectivity index (χ0v) is 54.8. The van der Waals surface area contributed by atoms with Crippen molar-refractivity contribution in [2.75, 3.05) is 14.1 Å². The number of nitrogens with one attached hydrogen (secondary N) is 8. The summed E-state index contributed by atoms with van der Waals surface area (Å²) in [5.74, 6) is -8.42. The first kappa shape index (κ1) is 73.4. The third-order valence-electron chi connectivity index (χ3n) is 15.3. The highest BCUT2D eigenvalue weighted by molar-refractivity contribution is 5.99. The topological polar surface area (TPSA) is 273 Å². The summed E-state index contributed by atoms with van der Waals surface area (Å²) < 4.78 is 0. The van der Waals surface area contributed by atoms with Crippen molar-refractivity contribution >= 4 is 59.1 Å². The van der Waals surface area contributed by atoms with Gasteiger partial charge in [-0.3, -0.25) is 47.9 Å². The third-order valence-corrected chi connectivity index (χ3v) is 15.3.